The fourth-order valence-corrected chi connectivity index (χ4v) is 21.1. The van der Waals surface area contributed by atoms with E-state index in [9.17, 15) is 54.1 Å². The van der Waals surface area contributed by atoms with Crippen LogP contribution in [0.2, 0.25) is 0 Å². The molecule has 44 nitrogen and oxygen atoms in total. The summed E-state index contributed by atoms with van der Waals surface area (Å²) in [6.07, 6.45) is -5.66. The third-order valence-corrected chi connectivity index (χ3v) is 31.7. The quantitative estimate of drug-likeness (QED) is 0.0283. The van der Waals surface area contributed by atoms with E-state index in [-0.39, 0.29) is 69.6 Å². The van der Waals surface area contributed by atoms with Crippen molar-refractivity contribution in [2.24, 2.45) is 0 Å². The SMILES string of the molecule is COc1cccc(OC)c1-n1c(CS(=O)(=O)[C@@H](C)[C@@H](O)c2oc(C)nc2C)nnc1-c1ccc(C)o1.COc1cccc(OC)c1-n1c(CS(=O)(=O)[C@@H](C)[C@H](O)c2oc(C)nc2C)nnc1-c1ccc(C)o1.COc1cccc(OC)c1-n1c(CS(=O)(=O)[C@H](C)[C@@H](O)c2oc(C)nc2C)nnc1-c1ccc(C)o1.COc1cccc(OC)c1-n1c(CS(=O)(=O)[C@H](C)[C@H](O)c2oc(C)nc2C)nnc1-c1ccc(C)o1. The van der Waals surface area contributed by atoms with Gasteiger partial charge in [0, 0.05) is 27.7 Å². The third kappa shape index (κ3) is 22.4. The minimum Gasteiger partial charge on any atom is -0.494 e. The lowest BCUT2D eigenvalue weighted by molar-refractivity contribution is 0.145. The van der Waals surface area contributed by atoms with Crippen LogP contribution in [-0.2, 0) is 62.4 Å². The number of aliphatic hydroxyl groups is 4. The van der Waals surface area contributed by atoms with Crippen molar-refractivity contribution < 1.29 is 127 Å². The number of rotatable bonds is 36. The lowest BCUT2D eigenvalue weighted by Crippen LogP contribution is -2.28. The number of hydrogen-bond donors (Lipinski definition) is 4. The van der Waals surface area contributed by atoms with Crippen LogP contribution in [0.25, 0.3) is 69.1 Å². The molecule has 8 atom stereocenters. The number of benzene rings is 4. The highest BCUT2D eigenvalue weighted by Crippen LogP contribution is 2.45. The maximum Gasteiger partial charge on any atom is 0.204 e. The van der Waals surface area contributed by atoms with E-state index in [4.69, 9.17) is 73.2 Å². The molecular weight excluding hydrogens is 1950 g/mol. The van der Waals surface area contributed by atoms with E-state index in [0.29, 0.717) is 161 Å². The summed E-state index contributed by atoms with van der Waals surface area (Å²) in [5.41, 5.74) is 3.37. The minimum atomic E-state index is -3.97. The summed E-state index contributed by atoms with van der Waals surface area (Å²) < 4.78 is 203. The second kappa shape index (κ2) is 44.1. The average Bonchev–Trinajstić information content (AvgIpc) is 1.57. The predicted molar refractivity (Wildman–Crippen MR) is 520 cm³/mol. The van der Waals surface area contributed by atoms with Gasteiger partial charge in [0.15, 0.2) is 132 Å². The summed E-state index contributed by atoms with van der Waals surface area (Å²) >= 11 is 0. The summed E-state index contributed by atoms with van der Waals surface area (Å²) in [5.74, 6) is 8.57. The highest BCUT2D eigenvalue weighted by atomic mass is 32.2. The molecule has 4 aromatic carbocycles. The molecule has 0 amide bonds. The first-order valence-electron chi connectivity index (χ1n) is 44.5. The molecule has 16 rings (SSSR count). The second-order valence-corrected chi connectivity index (χ2v) is 42.8. The number of nitrogens with zero attached hydrogens (tertiary/aromatic N) is 16. The highest BCUT2D eigenvalue weighted by Gasteiger charge is 2.42. The molecule has 0 radical (unpaired) electrons. The highest BCUT2D eigenvalue weighted by molar-refractivity contribution is 7.92. The number of furan rings is 4. The summed E-state index contributed by atoms with van der Waals surface area (Å²) in [6.45, 7) is 25.9. The fraction of sp³-hybridized carbons (Fsp3) is 0.375. The Hall–Kier alpha value is -14.6. The van der Waals surface area contributed by atoms with Crippen LogP contribution in [0.4, 0.5) is 0 Å². The molecule has 0 saturated heterocycles. The van der Waals surface area contributed by atoms with Crippen molar-refractivity contribution in [1.82, 2.24) is 79.0 Å². The Morgan fingerprint density at radius 1 is 0.257 bits per heavy atom. The van der Waals surface area contributed by atoms with Gasteiger partial charge in [0.05, 0.1) is 101 Å². The number of sulfone groups is 4. The van der Waals surface area contributed by atoms with E-state index in [0.717, 1.165) is 0 Å². The van der Waals surface area contributed by atoms with Crippen molar-refractivity contribution in [3.8, 4) is 115 Å². The molecule has 0 fully saturated rings. The number of aryl methyl sites for hydroxylation is 12. The number of oxazole rings is 4. The van der Waals surface area contributed by atoms with E-state index in [1.54, 1.807) is 204 Å². The normalized spacial score (nSPS) is 13.5. The van der Waals surface area contributed by atoms with Crippen molar-refractivity contribution >= 4 is 39.3 Å². The Morgan fingerprint density at radius 3 is 0.556 bits per heavy atom. The summed E-state index contributed by atoms with van der Waals surface area (Å²) in [7, 11) is -3.93. The van der Waals surface area contributed by atoms with Gasteiger partial charge in [0.1, 0.15) is 139 Å². The van der Waals surface area contributed by atoms with E-state index < -0.39 is 108 Å². The molecule has 48 heteroatoms. The van der Waals surface area contributed by atoms with E-state index >= 15 is 0 Å². The Morgan fingerprint density at radius 2 is 0.424 bits per heavy atom. The van der Waals surface area contributed by atoms with E-state index in [1.807, 2.05) is 0 Å². The van der Waals surface area contributed by atoms with Crippen LogP contribution in [0.3, 0.4) is 0 Å². The molecular formula is C96H112N16O28S4. The van der Waals surface area contributed by atoms with Crippen LogP contribution in [0.1, 0.15) is 168 Å². The molecule has 0 unspecified atom stereocenters. The summed E-state index contributed by atoms with van der Waals surface area (Å²) in [4.78, 5) is 16.5. The average molecular weight is 2070 g/mol. The van der Waals surface area contributed by atoms with Gasteiger partial charge in [-0.25, -0.2) is 53.6 Å². The van der Waals surface area contributed by atoms with Gasteiger partial charge in [0.2, 0.25) is 23.3 Å². The number of methoxy groups -OCH3 is 8. The van der Waals surface area contributed by atoms with Crippen LogP contribution in [0.5, 0.6) is 46.0 Å². The standard InChI is InChI=1S/4C24H28N4O7S/c4*1-13-10-11-19(34-13)24-27-26-20(28(24)21-17(32-5)8-7-9-18(21)33-6)12-36(30,31)15(3)22(29)23-14(2)25-16(4)35-23/h4*7-11,15,22,29H,12H2,1-6H3/t2*15-,22+;2*15-,22-/m1010/s1. The van der Waals surface area contributed by atoms with E-state index in [2.05, 4.69) is 60.7 Å². The minimum absolute atomic E-state index is 0.0892. The first kappa shape index (κ1) is 107. The van der Waals surface area contributed by atoms with Crippen LogP contribution in [0, 0.1) is 83.1 Å². The molecule has 768 valence electrons. The molecule has 0 aliphatic heterocycles. The van der Waals surface area contributed by atoms with Crippen LogP contribution < -0.4 is 37.9 Å². The molecule has 0 spiro atoms. The number of hydrogen-bond acceptors (Lipinski definition) is 40. The largest absolute Gasteiger partial charge is 0.494 e. The Balaban J connectivity index is 0.000000161. The Bertz CT molecular complexity index is 6750. The number of ether oxygens (including phenoxy) is 8. The van der Waals surface area contributed by atoms with Crippen molar-refractivity contribution in [2.45, 2.75) is 179 Å². The van der Waals surface area contributed by atoms with Crippen LogP contribution in [0.15, 0.2) is 157 Å². The van der Waals surface area contributed by atoms with E-state index in [1.165, 1.54) is 103 Å². The molecule has 12 heterocycles. The van der Waals surface area contributed by atoms with Crippen molar-refractivity contribution in [3.05, 3.63) is 237 Å². The molecule has 0 aliphatic carbocycles. The van der Waals surface area contributed by atoms with Crippen LogP contribution in [-0.4, -0.2) is 211 Å². The van der Waals surface area contributed by atoms with Gasteiger partial charge in [-0.05, 0) is 180 Å². The van der Waals surface area contributed by atoms with Crippen molar-refractivity contribution in [2.75, 3.05) is 56.9 Å². The number of aromatic nitrogens is 16. The third-order valence-electron chi connectivity index (χ3n) is 23.5. The maximum atomic E-state index is 13.5. The number of para-hydroxylation sites is 4. The monoisotopic (exact) mass is 2060 g/mol. The maximum absolute atomic E-state index is 13.5. The lowest BCUT2D eigenvalue weighted by Gasteiger charge is -2.19. The molecule has 16 aromatic rings. The zero-order valence-electron chi connectivity index (χ0n) is 83.4. The topological polar surface area (TPSA) is 571 Å². The first-order valence-corrected chi connectivity index (χ1v) is 51.4. The van der Waals surface area contributed by atoms with Gasteiger partial charge in [-0.2, -0.15) is 0 Å². The van der Waals surface area contributed by atoms with Crippen molar-refractivity contribution in [3.63, 3.8) is 0 Å². The molecule has 12 aromatic heterocycles. The van der Waals surface area contributed by atoms with Gasteiger partial charge in [-0.15, -0.1) is 40.8 Å². The van der Waals surface area contributed by atoms with Gasteiger partial charge in [-0.3, -0.25) is 18.3 Å². The first-order chi connectivity index (χ1) is 68.3. The molecule has 4 N–H and O–H groups in total. The van der Waals surface area contributed by atoms with Gasteiger partial charge >= 0.3 is 0 Å². The summed E-state index contributed by atoms with van der Waals surface area (Å²) in [5, 5.41) is 72.2. The van der Waals surface area contributed by atoms with Crippen molar-refractivity contribution in [1.29, 1.82) is 0 Å². The molecule has 0 bridgehead atoms. The van der Waals surface area contributed by atoms with Gasteiger partial charge in [0.25, 0.3) is 0 Å². The Labute approximate surface area is 829 Å². The zero-order valence-corrected chi connectivity index (χ0v) is 86.6. The molecule has 144 heavy (non-hydrogen) atoms. The zero-order chi connectivity index (χ0) is 105. The second-order valence-electron chi connectivity index (χ2n) is 33.3. The molecule has 0 aliphatic rings. The Kier molecular flexibility index (Phi) is 32.7. The number of aliphatic hydroxyl groups excluding tert-OH is 4. The van der Waals surface area contributed by atoms with Crippen LogP contribution >= 0.6 is 0 Å². The van der Waals surface area contributed by atoms with Gasteiger partial charge in [-0.1, -0.05) is 24.3 Å². The fourth-order valence-electron chi connectivity index (χ4n) is 15.8. The smallest absolute Gasteiger partial charge is 0.204 e. The molecule has 0 saturated carbocycles. The predicted octanol–water partition coefficient (Wildman–Crippen LogP) is 14.0. The van der Waals surface area contributed by atoms with Gasteiger partial charge < -0.3 is 93.7 Å². The lowest BCUT2D eigenvalue weighted by atomic mass is 10.2. The summed E-state index contributed by atoms with van der Waals surface area (Å²) in [6, 6.07) is 34.7.